The minimum atomic E-state index is -0.415. The fourth-order valence-corrected chi connectivity index (χ4v) is 3.86. The van der Waals surface area contributed by atoms with Gasteiger partial charge in [0, 0.05) is 11.6 Å². The number of ether oxygens (including phenoxy) is 1. The topological polar surface area (TPSA) is 101 Å². The fraction of sp³-hybridized carbons (Fsp3) is 0.269. The maximum absolute atomic E-state index is 13.2. The van der Waals surface area contributed by atoms with Crippen molar-refractivity contribution in [3.63, 3.8) is 0 Å². The van der Waals surface area contributed by atoms with Gasteiger partial charge in [-0.3, -0.25) is 14.4 Å². The van der Waals surface area contributed by atoms with E-state index in [1.165, 1.54) is 11.2 Å². The number of carbonyl (C=O) groups excluding carboxylic acids is 3. The molecular formula is C26H27N3O5. The Kier molecular flexibility index (Phi) is 7.27. The summed E-state index contributed by atoms with van der Waals surface area (Å²) < 4.78 is 10.5. The zero-order valence-corrected chi connectivity index (χ0v) is 18.9. The third-order valence-corrected chi connectivity index (χ3v) is 5.73. The largest absolute Gasteiger partial charge is 0.497 e. The summed E-state index contributed by atoms with van der Waals surface area (Å²) in [5.74, 6) is 0.390. The average Bonchev–Trinajstić information content (AvgIpc) is 3.50. The number of nitrogens with one attached hydrogen (secondary N) is 2. The first kappa shape index (κ1) is 23.1. The molecule has 1 aliphatic rings. The quantitative estimate of drug-likeness (QED) is 0.483. The Hall–Kier alpha value is -4.07. The molecule has 3 aromatic rings. The number of carbonyl (C=O) groups is 3. The van der Waals surface area contributed by atoms with Gasteiger partial charge in [0.15, 0.2) is 0 Å². The van der Waals surface area contributed by atoms with Gasteiger partial charge in [-0.2, -0.15) is 0 Å². The molecule has 1 fully saturated rings. The summed E-state index contributed by atoms with van der Waals surface area (Å²) in [6, 6.07) is 20.3. The van der Waals surface area contributed by atoms with E-state index in [1.807, 2.05) is 30.3 Å². The monoisotopic (exact) mass is 461 g/mol. The molecule has 176 valence electrons. The summed E-state index contributed by atoms with van der Waals surface area (Å²) in [7, 11) is 1.56. The first-order valence-electron chi connectivity index (χ1n) is 11.1. The van der Waals surface area contributed by atoms with Crippen LogP contribution in [-0.4, -0.2) is 42.8 Å². The third-order valence-electron chi connectivity index (χ3n) is 5.73. The van der Waals surface area contributed by atoms with E-state index >= 15 is 0 Å². The summed E-state index contributed by atoms with van der Waals surface area (Å²) in [6.07, 6.45) is 2.29. The van der Waals surface area contributed by atoms with Crippen molar-refractivity contribution in [2.45, 2.75) is 18.9 Å². The van der Waals surface area contributed by atoms with Gasteiger partial charge in [-0.15, -0.1) is 0 Å². The molecule has 0 spiro atoms. The van der Waals surface area contributed by atoms with E-state index < -0.39 is 5.91 Å². The number of anilines is 1. The first-order chi connectivity index (χ1) is 16.5. The predicted octanol–water partition coefficient (Wildman–Crippen LogP) is 3.18. The first-order valence-corrected chi connectivity index (χ1v) is 11.1. The van der Waals surface area contributed by atoms with Crippen molar-refractivity contribution < 1.29 is 23.5 Å². The predicted molar refractivity (Wildman–Crippen MR) is 126 cm³/mol. The van der Waals surface area contributed by atoms with E-state index in [1.54, 1.807) is 43.5 Å². The molecular weight excluding hydrogens is 434 g/mol. The minimum absolute atomic E-state index is 0.0944. The van der Waals surface area contributed by atoms with E-state index in [2.05, 4.69) is 10.6 Å². The molecule has 34 heavy (non-hydrogen) atoms. The van der Waals surface area contributed by atoms with Crippen molar-refractivity contribution in [1.29, 1.82) is 0 Å². The molecule has 1 aromatic heterocycles. The average molecular weight is 462 g/mol. The Bertz CT molecular complexity index is 1110. The molecule has 2 N–H and O–H groups in total. The van der Waals surface area contributed by atoms with Crippen molar-refractivity contribution in [1.82, 2.24) is 10.2 Å². The molecule has 4 rings (SSSR count). The van der Waals surface area contributed by atoms with Gasteiger partial charge in [0.2, 0.25) is 17.7 Å². The second-order valence-electron chi connectivity index (χ2n) is 8.19. The van der Waals surface area contributed by atoms with Gasteiger partial charge in [-0.25, -0.2) is 0 Å². The molecule has 8 heteroatoms. The number of hydrogen-bond acceptors (Lipinski definition) is 5. The second-order valence-corrected chi connectivity index (χ2v) is 8.19. The fourth-order valence-electron chi connectivity index (χ4n) is 3.86. The zero-order valence-electron chi connectivity index (χ0n) is 18.9. The number of furan rings is 1. The van der Waals surface area contributed by atoms with E-state index in [0.717, 1.165) is 12.0 Å². The van der Waals surface area contributed by atoms with Gasteiger partial charge >= 0.3 is 0 Å². The van der Waals surface area contributed by atoms with Gasteiger partial charge in [0.1, 0.15) is 18.1 Å². The van der Waals surface area contributed by atoms with Crippen LogP contribution in [0.5, 0.6) is 5.75 Å². The molecule has 2 atom stereocenters. The summed E-state index contributed by atoms with van der Waals surface area (Å²) in [5.41, 5.74) is 1.72. The molecule has 1 heterocycles. The normalized spacial score (nSPS) is 16.4. The molecule has 1 saturated carbocycles. The lowest BCUT2D eigenvalue weighted by molar-refractivity contribution is -0.138. The highest BCUT2D eigenvalue weighted by molar-refractivity contribution is 5.95. The smallest absolute Gasteiger partial charge is 0.243 e. The van der Waals surface area contributed by atoms with E-state index in [0.29, 0.717) is 17.2 Å². The van der Waals surface area contributed by atoms with Crippen LogP contribution in [0.2, 0.25) is 0 Å². The van der Waals surface area contributed by atoms with Crippen LogP contribution in [0.15, 0.2) is 77.4 Å². The molecule has 2 unspecified atom stereocenters. The van der Waals surface area contributed by atoms with Crippen molar-refractivity contribution in [2.24, 2.45) is 5.92 Å². The third kappa shape index (κ3) is 6.04. The lowest BCUT2D eigenvalue weighted by Crippen LogP contribution is -2.43. The maximum atomic E-state index is 13.2. The van der Waals surface area contributed by atoms with E-state index in [9.17, 15) is 14.4 Å². The number of benzene rings is 2. The minimum Gasteiger partial charge on any atom is -0.497 e. The number of nitrogens with zero attached hydrogens (tertiary/aromatic N) is 1. The lowest BCUT2D eigenvalue weighted by atomic mass is 10.1. The summed E-state index contributed by atoms with van der Waals surface area (Å²) in [4.78, 5) is 39.5. The second kappa shape index (κ2) is 10.7. The summed E-state index contributed by atoms with van der Waals surface area (Å²) in [5, 5.41) is 5.30. The van der Waals surface area contributed by atoms with Crippen LogP contribution in [0.1, 0.15) is 23.7 Å². The zero-order chi connectivity index (χ0) is 23.9. The van der Waals surface area contributed by atoms with Crippen molar-refractivity contribution in [2.75, 3.05) is 25.5 Å². The molecule has 2 aromatic carbocycles. The van der Waals surface area contributed by atoms with Crippen molar-refractivity contribution >= 4 is 23.4 Å². The molecule has 0 radical (unpaired) electrons. The molecule has 8 nitrogen and oxygen atoms in total. The van der Waals surface area contributed by atoms with Gasteiger partial charge in [-0.05, 0) is 54.3 Å². The van der Waals surface area contributed by atoms with Crippen molar-refractivity contribution in [3.8, 4) is 5.75 Å². The van der Waals surface area contributed by atoms with Crippen LogP contribution in [0.3, 0.4) is 0 Å². The molecule has 1 aliphatic carbocycles. The highest BCUT2D eigenvalue weighted by Crippen LogP contribution is 2.48. The van der Waals surface area contributed by atoms with Gasteiger partial charge in [0.05, 0.1) is 26.5 Å². The highest BCUT2D eigenvalue weighted by atomic mass is 16.5. The number of rotatable bonds is 10. The van der Waals surface area contributed by atoms with E-state index in [-0.39, 0.29) is 43.3 Å². The molecule has 3 amide bonds. The summed E-state index contributed by atoms with van der Waals surface area (Å²) >= 11 is 0. The SMILES string of the molecule is COc1ccc(NC(=O)CNC(=O)CN(Cc2ccco2)C(=O)C2CC2c2ccccc2)cc1. The van der Waals surface area contributed by atoms with Gasteiger partial charge in [-0.1, -0.05) is 30.3 Å². The van der Waals surface area contributed by atoms with E-state index in [4.69, 9.17) is 9.15 Å². The number of amides is 3. The number of methoxy groups -OCH3 is 1. The Morgan fingerprint density at radius 3 is 2.44 bits per heavy atom. The Morgan fingerprint density at radius 1 is 1.00 bits per heavy atom. The van der Waals surface area contributed by atoms with Crippen LogP contribution < -0.4 is 15.4 Å². The Labute approximate surface area is 197 Å². The standard InChI is InChI=1S/C26H27N3O5/c1-33-20-11-9-19(10-12-20)28-24(30)15-27-25(31)17-29(16-21-8-5-13-34-21)26(32)23-14-22(23)18-6-3-2-4-7-18/h2-13,22-23H,14-17H2,1H3,(H,27,31)(H,28,30). The Balaban J connectivity index is 1.32. The molecule has 0 aliphatic heterocycles. The van der Waals surface area contributed by atoms with Crippen LogP contribution >= 0.6 is 0 Å². The lowest BCUT2D eigenvalue weighted by Gasteiger charge is -2.21. The van der Waals surface area contributed by atoms with Crippen LogP contribution in [0, 0.1) is 5.92 Å². The van der Waals surface area contributed by atoms with Crippen molar-refractivity contribution in [3.05, 3.63) is 84.3 Å². The van der Waals surface area contributed by atoms with Crippen LogP contribution in [0.25, 0.3) is 0 Å². The van der Waals surface area contributed by atoms with Crippen LogP contribution in [-0.2, 0) is 20.9 Å². The highest BCUT2D eigenvalue weighted by Gasteiger charge is 2.46. The van der Waals surface area contributed by atoms with Gasteiger partial charge in [0.25, 0.3) is 0 Å². The maximum Gasteiger partial charge on any atom is 0.243 e. The van der Waals surface area contributed by atoms with Gasteiger partial charge < -0.3 is 24.7 Å². The number of hydrogen-bond donors (Lipinski definition) is 2. The van der Waals surface area contributed by atoms with Crippen LogP contribution in [0.4, 0.5) is 5.69 Å². The molecule has 0 saturated heterocycles. The Morgan fingerprint density at radius 2 is 1.76 bits per heavy atom. The molecule has 0 bridgehead atoms. The summed E-state index contributed by atoms with van der Waals surface area (Å²) in [6.45, 7) is -0.174.